The molecule has 0 aliphatic heterocycles. The van der Waals surface area contributed by atoms with Crippen LogP contribution in [0.15, 0.2) is 88.3 Å². The Bertz CT molecular complexity index is 1730. The molecule has 0 spiro atoms. The first kappa shape index (κ1) is 25.3. The molecule has 2 heterocycles. The van der Waals surface area contributed by atoms with E-state index in [1.165, 1.54) is 18.4 Å². The maximum Gasteiger partial charge on any atom is 0.387 e. The van der Waals surface area contributed by atoms with E-state index in [1.807, 2.05) is 43.5 Å². The van der Waals surface area contributed by atoms with Crippen LogP contribution in [0.2, 0.25) is 0 Å². The van der Waals surface area contributed by atoms with Crippen molar-refractivity contribution in [2.24, 2.45) is 0 Å². The van der Waals surface area contributed by atoms with Crippen molar-refractivity contribution < 1.29 is 26.4 Å². The molecule has 0 saturated carbocycles. The zero-order valence-electron chi connectivity index (χ0n) is 20.7. The summed E-state index contributed by atoms with van der Waals surface area (Å²) in [7, 11) is -3.39. The van der Waals surface area contributed by atoms with Crippen LogP contribution in [0.4, 0.5) is 8.78 Å². The number of halogens is 2. The minimum Gasteiger partial charge on any atom is -0.440 e. The molecule has 5 rings (SSSR count). The van der Waals surface area contributed by atoms with E-state index in [4.69, 9.17) is 4.42 Å². The van der Waals surface area contributed by atoms with Crippen LogP contribution >= 0.6 is 0 Å². The van der Waals surface area contributed by atoms with Crippen molar-refractivity contribution in [3.63, 3.8) is 0 Å². The normalized spacial score (nSPS) is 11.7. The molecule has 7 nitrogen and oxygen atoms in total. The zero-order chi connectivity index (χ0) is 27.0. The molecule has 0 fully saturated rings. The van der Waals surface area contributed by atoms with Crippen LogP contribution in [-0.4, -0.2) is 36.0 Å². The Morgan fingerprint density at radius 1 is 0.921 bits per heavy atom. The van der Waals surface area contributed by atoms with Crippen LogP contribution in [0.3, 0.4) is 0 Å². The second-order valence-electron chi connectivity index (χ2n) is 8.75. The van der Waals surface area contributed by atoms with Gasteiger partial charge in [0.1, 0.15) is 11.4 Å². The molecule has 38 heavy (non-hydrogen) atoms. The summed E-state index contributed by atoms with van der Waals surface area (Å²) in [6, 6.07) is 20.4. The summed E-state index contributed by atoms with van der Waals surface area (Å²) < 4.78 is 61.8. The first-order valence-electron chi connectivity index (χ1n) is 11.6. The van der Waals surface area contributed by atoms with Crippen molar-refractivity contribution >= 4 is 9.84 Å². The molecule has 0 aliphatic rings. The molecule has 0 atom stereocenters. The minimum absolute atomic E-state index is 0.0333. The zero-order valence-corrected chi connectivity index (χ0v) is 21.5. The molecular weight excluding hydrogens is 512 g/mol. The number of oxazole rings is 1. The van der Waals surface area contributed by atoms with E-state index >= 15 is 0 Å². The Kier molecular flexibility index (Phi) is 6.58. The number of aromatic nitrogens is 3. The number of sulfone groups is 1. The molecule has 0 saturated heterocycles. The van der Waals surface area contributed by atoms with Gasteiger partial charge in [0.15, 0.2) is 21.5 Å². The van der Waals surface area contributed by atoms with Crippen molar-refractivity contribution in [2.45, 2.75) is 25.4 Å². The van der Waals surface area contributed by atoms with E-state index in [0.717, 1.165) is 16.9 Å². The van der Waals surface area contributed by atoms with Gasteiger partial charge in [-0.2, -0.15) is 13.9 Å². The maximum absolute atomic E-state index is 12.6. The van der Waals surface area contributed by atoms with E-state index in [9.17, 15) is 17.2 Å². The lowest BCUT2D eigenvalue weighted by molar-refractivity contribution is -0.0498. The summed E-state index contributed by atoms with van der Waals surface area (Å²) in [5.41, 5.74) is 4.84. The third kappa shape index (κ3) is 5.21. The lowest BCUT2D eigenvalue weighted by atomic mass is 9.98. The van der Waals surface area contributed by atoms with Crippen LogP contribution in [0.25, 0.3) is 39.4 Å². The standard InChI is InChI=1S/C28H23F2N3O4S/c1-17-13-14-33(32-17)25-12-9-21(20-5-4-6-23(15-20)38(3,34)35)16-24(25)27-26(31-18(2)36-27)19-7-10-22(11-8-19)37-28(29)30/h4-16,28H,1-3H3. The fourth-order valence-corrected chi connectivity index (χ4v) is 4.82. The van der Waals surface area contributed by atoms with Crippen LogP contribution in [0.5, 0.6) is 5.75 Å². The summed E-state index contributed by atoms with van der Waals surface area (Å²) >= 11 is 0. The topological polar surface area (TPSA) is 87.2 Å². The third-order valence-electron chi connectivity index (χ3n) is 5.89. The van der Waals surface area contributed by atoms with Crippen LogP contribution in [-0.2, 0) is 9.84 Å². The van der Waals surface area contributed by atoms with Crippen molar-refractivity contribution in [2.75, 3.05) is 6.26 Å². The van der Waals surface area contributed by atoms with Gasteiger partial charge in [-0.3, -0.25) is 0 Å². The van der Waals surface area contributed by atoms with Gasteiger partial charge in [-0.1, -0.05) is 18.2 Å². The number of alkyl halides is 2. The van der Waals surface area contributed by atoms with Crippen molar-refractivity contribution in [1.82, 2.24) is 14.8 Å². The summed E-state index contributed by atoms with van der Waals surface area (Å²) in [5, 5.41) is 4.55. The number of aryl methyl sites for hydroxylation is 2. The molecule has 0 amide bonds. The van der Waals surface area contributed by atoms with E-state index in [-0.39, 0.29) is 10.6 Å². The Hall–Kier alpha value is -4.31. The fourth-order valence-electron chi connectivity index (χ4n) is 4.15. The second-order valence-corrected chi connectivity index (χ2v) is 10.8. The second kappa shape index (κ2) is 9.86. The van der Waals surface area contributed by atoms with Gasteiger partial charge in [-0.15, -0.1) is 0 Å². The van der Waals surface area contributed by atoms with E-state index < -0.39 is 16.4 Å². The van der Waals surface area contributed by atoms with Gasteiger partial charge >= 0.3 is 6.61 Å². The molecule has 5 aromatic rings. The summed E-state index contributed by atoms with van der Waals surface area (Å²) in [6.07, 6.45) is 3.00. The van der Waals surface area contributed by atoms with Gasteiger partial charge in [0.2, 0.25) is 0 Å². The molecule has 10 heteroatoms. The van der Waals surface area contributed by atoms with Crippen molar-refractivity contribution in [1.29, 1.82) is 0 Å². The Labute approximate surface area is 218 Å². The lowest BCUT2D eigenvalue weighted by Gasteiger charge is -2.13. The van der Waals surface area contributed by atoms with Crippen LogP contribution in [0.1, 0.15) is 11.6 Å². The van der Waals surface area contributed by atoms with Gasteiger partial charge < -0.3 is 9.15 Å². The highest BCUT2D eigenvalue weighted by Gasteiger charge is 2.21. The Morgan fingerprint density at radius 2 is 1.63 bits per heavy atom. The molecule has 2 aromatic heterocycles. The number of hydrogen-bond acceptors (Lipinski definition) is 6. The molecule has 0 bridgehead atoms. The maximum atomic E-state index is 12.6. The molecule has 0 aliphatic carbocycles. The first-order chi connectivity index (χ1) is 18.1. The van der Waals surface area contributed by atoms with Gasteiger partial charge in [0, 0.05) is 30.5 Å². The predicted octanol–water partition coefficient (Wildman–Crippen LogP) is 6.48. The van der Waals surface area contributed by atoms with E-state index in [0.29, 0.717) is 34.0 Å². The number of nitrogens with zero attached hydrogens (tertiary/aromatic N) is 3. The van der Waals surface area contributed by atoms with Crippen LogP contribution in [0, 0.1) is 13.8 Å². The largest absolute Gasteiger partial charge is 0.440 e. The summed E-state index contributed by atoms with van der Waals surface area (Å²) in [6.45, 7) is 0.682. The predicted molar refractivity (Wildman–Crippen MR) is 139 cm³/mol. The highest BCUT2D eigenvalue weighted by molar-refractivity contribution is 7.90. The Balaban J connectivity index is 1.68. The average Bonchev–Trinajstić information content (AvgIpc) is 3.49. The van der Waals surface area contributed by atoms with Gasteiger partial charge in [0.25, 0.3) is 0 Å². The smallest absolute Gasteiger partial charge is 0.387 e. The summed E-state index contributed by atoms with van der Waals surface area (Å²) in [4.78, 5) is 4.79. The Morgan fingerprint density at radius 3 is 2.29 bits per heavy atom. The van der Waals surface area contributed by atoms with Gasteiger partial charge in [0.05, 0.1) is 16.3 Å². The molecule has 194 valence electrons. The molecule has 3 aromatic carbocycles. The van der Waals surface area contributed by atoms with E-state index in [2.05, 4.69) is 14.8 Å². The number of rotatable bonds is 7. The molecular formula is C28H23F2N3O4S. The molecule has 0 unspecified atom stereocenters. The highest BCUT2D eigenvalue weighted by atomic mass is 32.2. The van der Waals surface area contributed by atoms with Gasteiger partial charge in [-0.05, 0) is 72.6 Å². The third-order valence-corrected chi connectivity index (χ3v) is 7.00. The SMILES string of the molecule is Cc1ccn(-c2ccc(-c3cccc(S(C)(=O)=O)c3)cc2-c2oc(C)nc2-c2ccc(OC(F)F)cc2)n1. The van der Waals surface area contributed by atoms with Gasteiger partial charge in [-0.25, -0.2) is 18.1 Å². The first-order valence-corrected chi connectivity index (χ1v) is 13.5. The number of benzene rings is 3. The number of hydrogen-bond donors (Lipinski definition) is 0. The van der Waals surface area contributed by atoms with Crippen LogP contribution < -0.4 is 4.74 Å². The fraction of sp³-hybridized carbons (Fsp3) is 0.143. The monoisotopic (exact) mass is 535 g/mol. The quantitative estimate of drug-likeness (QED) is 0.237. The highest BCUT2D eigenvalue weighted by Crippen LogP contribution is 2.39. The molecule has 0 N–H and O–H groups in total. The van der Waals surface area contributed by atoms with Crippen molar-refractivity contribution in [3.05, 3.63) is 90.6 Å². The van der Waals surface area contributed by atoms with E-state index in [1.54, 1.807) is 41.9 Å². The minimum atomic E-state index is -3.39. The van der Waals surface area contributed by atoms with Crippen molar-refractivity contribution in [3.8, 4) is 45.1 Å². The average molecular weight is 536 g/mol. The molecule has 0 radical (unpaired) electrons. The number of ether oxygens (including phenoxy) is 1. The lowest BCUT2D eigenvalue weighted by Crippen LogP contribution is -2.01. The summed E-state index contributed by atoms with van der Waals surface area (Å²) in [5.74, 6) is 0.898.